The van der Waals surface area contributed by atoms with Crippen molar-refractivity contribution in [2.24, 2.45) is 5.92 Å². The summed E-state index contributed by atoms with van der Waals surface area (Å²) in [6.45, 7) is 0.611. The quantitative estimate of drug-likeness (QED) is 0.940. The first-order chi connectivity index (χ1) is 11.5. The molecular weight excluding hydrogens is 311 g/mol. The Morgan fingerprint density at radius 3 is 2.67 bits per heavy atom. The Morgan fingerprint density at radius 2 is 2.00 bits per heavy atom. The summed E-state index contributed by atoms with van der Waals surface area (Å²) in [7, 11) is 0. The number of likely N-dealkylation sites (tertiary alicyclic amines) is 1. The molecule has 2 fully saturated rings. The van der Waals surface area contributed by atoms with Crippen LogP contribution in [-0.2, 0) is 4.79 Å². The second-order valence-corrected chi connectivity index (χ2v) is 6.61. The topological polar surface area (TPSA) is 70.5 Å². The van der Waals surface area contributed by atoms with Crippen LogP contribution in [0.15, 0.2) is 24.3 Å². The van der Waals surface area contributed by atoms with E-state index >= 15 is 0 Å². The van der Waals surface area contributed by atoms with Gasteiger partial charge in [0, 0.05) is 30.1 Å². The fraction of sp³-hybridized carbons (Fsp3) is 0.389. The molecule has 0 unspecified atom stereocenters. The third kappa shape index (κ3) is 2.62. The first kappa shape index (κ1) is 15.1. The number of hydrogen-bond donors (Lipinski definition) is 1. The van der Waals surface area contributed by atoms with Gasteiger partial charge in [-0.15, -0.1) is 0 Å². The summed E-state index contributed by atoms with van der Waals surface area (Å²) in [6, 6.07) is 6.03. The smallest absolute Gasteiger partial charge is 0.308 e. The fourth-order valence-electron chi connectivity index (χ4n) is 3.30. The van der Waals surface area contributed by atoms with Gasteiger partial charge in [0.1, 0.15) is 5.82 Å². The van der Waals surface area contributed by atoms with E-state index < -0.39 is 17.7 Å². The number of carbonyl (C=O) groups excluding carboxylic acids is 1. The molecule has 2 heterocycles. The average molecular weight is 328 g/mol. The molecule has 1 aliphatic carbocycles. The van der Waals surface area contributed by atoms with Gasteiger partial charge in [-0.3, -0.25) is 14.6 Å². The minimum atomic E-state index is -0.880. The lowest BCUT2D eigenvalue weighted by atomic mass is 10.0. The van der Waals surface area contributed by atoms with Crippen molar-refractivity contribution in [3.8, 4) is 0 Å². The van der Waals surface area contributed by atoms with Gasteiger partial charge in [-0.05, 0) is 43.5 Å². The summed E-state index contributed by atoms with van der Waals surface area (Å²) in [4.78, 5) is 30.1. The van der Waals surface area contributed by atoms with Crippen molar-refractivity contribution in [1.82, 2.24) is 9.88 Å². The van der Waals surface area contributed by atoms with Crippen molar-refractivity contribution in [3.05, 3.63) is 41.3 Å². The first-order valence-corrected chi connectivity index (χ1v) is 8.15. The van der Waals surface area contributed by atoms with E-state index in [-0.39, 0.29) is 12.5 Å². The maximum atomic E-state index is 13.7. The highest BCUT2D eigenvalue weighted by Crippen LogP contribution is 2.40. The van der Waals surface area contributed by atoms with Gasteiger partial charge in [0.2, 0.25) is 0 Å². The average Bonchev–Trinajstić information content (AvgIpc) is 3.29. The van der Waals surface area contributed by atoms with Crippen molar-refractivity contribution in [1.29, 1.82) is 0 Å². The predicted molar refractivity (Wildman–Crippen MR) is 85.3 cm³/mol. The zero-order valence-corrected chi connectivity index (χ0v) is 13.0. The third-order valence-corrected chi connectivity index (χ3v) is 4.84. The van der Waals surface area contributed by atoms with Crippen LogP contribution < -0.4 is 0 Å². The van der Waals surface area contributed by atoms with Gasteiger partial charge in [0.15, 0.2) is 0 Å². The van der Waals surface area contributed by atoms with E-state index in [1.54, 1.807) is 17.0 Å². The lowest BCUT2D eigenvalue weighted by molar-refractivity contribution is -0.141. The van der Waals surface area contributed by atoms with Crippen LogP contribution in [0.1, 0.15) is 41.2 Å². The van der Waals surface area contributed by atoms with E-state index in [1.807, 2.05) is 0 Å². The summed E-state index contributed by atoms with van der Waals surface area (Å²) in [5, 5.41) is 9.61. The minimum absolute atomic E-state index is 0.200. The van der Waals surface area contributed by atoms with Gasteiger partial charge in [0.25, 0.3) is 5.91 Å². The largest absolute Gasteiger partial charge is 0.481 e. The van der Waals surface area contributed by atoms with E-state index in [0.29, 0.717) is 35.3 Å². The maximum absolute atomic E-state index is 13.7. The van der Waals surface area contributed by atoms with Crippen molar-refractivity contribution in [3.63, 3.8) is 0 Å². The molecule has 0 spiro atoms. The zero-order chi connectivity index (χ0) is 16.8. The van der Waals surface area contributed by atoms with Crippen LogP contribution in [0.5, 0.6) is 0 Å². The summed E-state index contributed by atoms with van der Waals surface area (Å²) in [6.07, 6.45) is 2.56. The molecule has 0 bridgehead atoms. The van der Waals surface area contributed by atoms with Gasteiger partial charge in [-0.1, -0.05) is 0 Å². The van der Waals surface area contributed by atoms with Crippen molar-refractivity contribution >= 4 is 22.8 Å². The molecule has 0 radical (unpaired) electrons. The molecule has 2 aromatic rings. The number of halogens is 1. The molecule has 1 atom stereocenters. The molecule has 1 aliphatic heterocycles. The van der Waals surface area contributed by atoms with E-state index in [9.17, 15) is 14.0 Å². The molecule has 1 saturated heterocycles. The van der Waals surface area contributed by atoms with Gasteiger partial charge >= 0.3 is 5.97 Å². The number of benzene rings is 1. The predicted octanol–water partition coefficient (Wildman–Crippen LogP) is 2.80. The molecule has 2 aliphatic rings. The Labute approximate surface area is 138 Å². The van der Waals surface area contributed by atoms with Crippen LogP contribution in [0.3, 0.4) is 0 Å². The summed E-state index contributed by atoms with van der Waals surface area (Å²) in [5.41, 5.74) is 1.90. The number of nitrogens with zero attached hydrogens (tertiary/aromatic N) is 2. The highest BCUT2D eigenvalue weighted by molar-refractivity contribution is 6.06. The Kier molecular flexibility index (Phi) is 3.48. The summed E-state index contributed by atoms with van der Waals surface area (Å²) >= 11 is 0. The lowest BCUT2D eigenvalue weighted by Gasteiger charge is -2.18. The Bertz CT molecular complexity index is 848. The molecule has 24 heavy (non-hydrogen) atoms. The standard InChI is InChI=1S/C18H17FN2O3/c19-12-3-4-15-13(7-12)14(8-16(20-15)10-1-2-10)17(22)21-6-5-11(9-21)18(23)24/h3-4,7-8,10-11H,1-2,5-6,9H2,(H,23,24)/t11-/m0/s1. The Balaban J connectivity index is 1.75. The number of aliphatic carboxylic acids is 1. The lowest BCUT2D eigenvalue weighted by Crippen LogP contribution is -2.30. The van der Waals surface area contributed by atoms with E-state index in [0.717, 1.165) is 18.5 Å². The summed E-state index contributed by atoms with van der Waals surface area (Å²) in [5.74, 6) is -1.69. The molecule has 5 nitrogen and oxygen atoms in total. The summed E-state index contributed by atoms with van der Waals surface area (Å²) < 4.78 is 13.7. The monoisotopic (exact) mass is 328 g/mol. The second kappa shape index (κ2) is 5.54. The van der Waals surface area contributed by atoms with Gasteiger partial charge in [-0.25, -0.2) is 4.39 Å². The van der Waals surface area contributed by atoms with Gasteiger partial charge < -0.3 is 10.0 Å². The van der Waals surface area contributed by atoms with Crippen LogP contribution in [0.2, 0.25) is 0 Å². The SMILES string of the molecule is O=C(O)[C@H]1CCN(C(=O)c2cc(C3CC3)nc3ccc(F)cc23)C1. The van der Waals surface area contributed by atoms with Crippen LogP contribution >= 0.6 is 0 Å². The molecule has 1 amide bonds. The van der Waals surface area contributed by atoms with Crippen molar-refractivity contribution in [2.75, 3.05) is 13.1 Å². The number of carbonyl (C=O) groups is 2. The Hall–Kier alpha value is -2.50. The van der Waals surface area contributed by atoms with Crippen LogP contribution in [-0.4, -0.2) is 40.0 Å². The zero-order valence-electron chi connectivity index (χ0n) is 13.0. The molecule has 1 saturated carbocycles. The normalized spacial score (nSPS) is 20.5. The third-order valence-electron chi connectivity index (χ3n) is 4.84. The molecular formula is C18H17FN2O3. The molecule has 1 N–H and O–H groups in total. The highest BCUT2D eigenvalue weighted by Gasteiger charge is 2.33. The molecule has 124 valence electrons. The van der Waals surface area contributed by atoms with Gasteiger partial charge in [0.05, 0.1) is 17.0 Å². The second-order valence-electron chi connectivity index (χ2n) is 6.61. The Morgan fingerprint density at radius 1 is 1.21 bits per heavy atom. The molecule has 4 rings (SSSR count). The van der Waals surface area contributed by atoms with E-state index in [2.05, 4.69) is 4.98 Å². The molecule has 6 heteroatoms. The highest BCUT2D eigenvalue weighted by atomic mass is 19.1. The van der Waals surface area contributed by atoms with E-state index in [1.165, 1.54) is 12.1 Å². The van der Waals surface area contributed by atoms with Crippen LogP contribution in [0.4, 0.5) is 4.39 Å². The number of fused-ring (bicyclic) bond motifs is 1. The fourth-order valence-corrected chi connectivity index (χ4v) is 3.30. The van der Waals surface area contributed by atoms with E-state index in [4.69, 9.17) is 5.11 Å². The van der Waals surface area contributed by atoms with Crippen LogP contribution in [0, 0.1) is 11.7 Å². The number of carboxylic acid groups (broad SMARTS) is 1. The van der Waals surface area contributed by atoms with Crippen LogP contribution in [0.25, 0.3) is 10.9 Å². The number of hydrogen-bond acceptors (Lipinski definition) is 3. The number of amides is 1. The number of aromatic nitrogens is 1. The van der Waals surface area contributed by atoms with Crippen molar-refractivity contribution < 1.29 is 19.1 Å². The number of carboxylic acids is 1. The maximum Gasteiger partial charge on any atom is 0.308 e. The first-order valence-electron chi connectivity index (χ1n) is 8.15. The van der Waals surface area contributed by atoms with Crippen molar-refractivity contribution in [2.45, 2.75) is 25.2 Å². The molecule has 1 aromatic heterocycles. The minimum Gasteiger partial charge on any atom is -0.481 e. The van der Waals surface area contributed by atoms with Gasteiger partial charge in [-0.2, -0.15) is 0 Å². The number of rotatable bonds is 3. The number of pyridine rings is 1. The molecule has 1 aromatic carbocycles.